The van der Waals surface area contributed by atoms with Crippen LogP contribution in [0.4, 0.5) is 4.39 Å². The number of nitrogens with two attached hydrogens (primary N) is 1. The number of nitrogens with one attached hydrogen (secondary N) is 1. The van der Waals surface area contributed by atoms with Crippen LogP contribution in [0.5, 0.6) is 0 Å². The summed E-state index contributed by atoms with van der Waals surface area (Å²) in [7, 11) is 0. The van der Waals surface area contributed by atoms with Gasteiger partial charge in [-0.25, -0.2) is 4.39 Å². The number of amides is 1. The molecule has 1 aromatic rings. The van der Waals surface area contributed by atoms with E-state index in [1.54, 1.807) is 0 Å². The lowest BCUT2D eigenvalue weighted by molar-refractivity contribution is 0.0891. The van der Waals surface area contributed by atoms with E-state index in [0.29, 0.717) is 19.4 Å². The Morgan fingerprint density at radius 3 is 2.42 bits per heavy atom. The average Bonchev–Trinajstić information content (AvgIpc) is 2.36. The standard InChI is InChI=1S/C12H18FN3O.2ClH/c1-3-12(4-2,8-14)16-11(17)9-5-6-15-7-10(9)13;;/h5-7H,3-4,8,14H2,1-2H3,(H,16,17);2*1H. The van der Waals surface area contributed by atoms with Gasteiger partial charge in [0.05, 0.1) is 17.3 Å². The Labute approximate surface area is 125 Å². The predicted octanol–water partition coefficient (Wildman–Crippen LogP) is 2.31. The molecule has 1 rings (SSSR count). The Hall–Kier alpha value is -0.910. The lowest BCUT2D eigenvalue weighted by Crippen LogP contribution is -2.53. The molecule has 7 heteroatoms. The van der Waals surface area contributed by atoms with Crippen LogP contribution in [0.1, 0.15) is 37.0 Å². The van der Waals surface area contributed by atoms with Crippen molar-refractivity contribution >= 4 is 30.7 Å². The number of carbonyl (C=O) groups is 1. The molecule has 1 heterocycles. The molecule has 0 saturated carbocycles. The summed E-state index contributed by atoms with van der Waals surface area (Å²) in [5.41, 5.74) is 5.21. The predicted molar refractivity (Wildman–Crippen MR) is 78.5 cm³/mol. The Morgan fingerprint density at radius 1 is 1.42 bits per heavy atom. The van der Waals surface area contributed by atoms with Crippen LogP contribution >= 0.6 is 24.8 Å². The van der Waals surface area contributed by atoms with E-state index in [-0.39, 0.29) is 30.4 Å². The van der Waals surface area contributed by atoms with Crippen LogP contribution in [0.25, 0.3) is 0 Å². The van der Waals surface area contributed by atoms with Gasteiger partial charge in [-0.2, -0.15) is 0 Å². The van der Waals surface area contributed by atoms with Crippen molar-refractivity contribution in [2.24, 2.45) is 5.73 Å². The SMILES string of the molecule is CCC(CC)(CN)NC(=O)c1ccncc1F.Cl.Cl. The molecule has 0 radical (unpaired) electrons. The minimum atomic E-state index is -0.622. The second-order valence-corrected chi connectivity index (χ2v) is 4.00. The first-order valence-corrected chi connectivity index (χ1v) is 5.70. The zero-order chi connectivity index (χ0) is 12.9. The van der Waals surface area contributed by atoms with Gasteiger partial charge in [0.15, 0.2) is 5.82 Å². The highest BCUT2D eigenvalue weighted by Crippen LogP contribution is 2.15. The second-order valence-electron chi connectivity index (χ2n) is 4.00. The van der Waals surface area contributed by atoms with Gasteiger partial charge in [0.25, 0.3) is 5.91 Å². The van der Waals surface area contributed by atoms with Gasteiger partial charge in [0.1, 0.15) is 0 Å². The summed E-state index contributed by atoms with van der Waals surface area (Å²) in [4.78, 5) is 15.5. The molecule has 0 atom stereocenters. The molecule has 0 spiro atoms. The first-order valence-electron chi connectivity index (χ1n) is 5.70. The fourth-order valence-electron chi connectivity index (χ4n) is 1.63. The highest BCUT2D eigenvalue weighted by molar-refractivity contribution is 5.94. The molecule has 0 aromatic carbocycles. The molecule has 4 nitrogen and oxygen atoms in total. The van der Waals surface area contributed by atoms with Crippen molar-refractivity contribution < 1.29 is 9.18 Å². The summed E-state index contributed by atoms with van der Waals surface area (Å²) < 4.78 is 13.4. The largest absolute Gasteiger partial charge is 0.345 e. The number of carbonyl (C=O) groups excluding carboxylic acids is 1. The van der Waals surface area contributed by atoms with E-state index in [1.807, 2.05) is 13.8 Å². The molecule has 0 aliphatic heterocycles. The summed E-state index contributed by atoms with van der Waals surface area (Å²) in [6.07, 6.45) is 3.83. The molecule has 0 aliphatic carbocycles. The van der Waals surface area contributed by atoms with Crippen LogP contribution in [-0.2, 0) is 0 Å². The van der Waals surface area contributed by atoms with Gasteiger partial charge in [0.2, 0.25) is 0 Å². The number of rotatable bonds is 5. The van der Waals surface area contributed by atoms with Gasteiger partial charge in [0, 0.05) is 12.7 Å². The first kappa shape index (κ1) is 20.4. The van der Waals surface area contributed by atoms with E-state index in [0.717, 1.165) is 6.20 Å². The molecule has 0 aliphatic rings. The molecule has 3 N–H and O–H groups in total. The fraction of sp³-hybridized carbons (Fsp3) is 0.500. The lowest BCUT2D eigenvalue weighted by atomic mass is 9.92. The van der Waals surface area contributed by atoms with Crippen molar-refractivity contribution in [2.45, 2.75) is 32.2 Å². The number of aromatic nitrogens is 1. The first-order chi connectivity index (χ1) is 8.08. The smallest absolute Gasteiger partial charge is 0.254 e. The van der Waals surface area contributed by atoms with Gasteiger partial charge in [-0.05, 0) is 18.9 Å². The zero-order valence-corrected chi connectivity index (χ0v) is 12.6. The number of nitrogens with zero attached hydrogens (tertiary/aromatic N) is 1. The van der Waals surface area contributed by atoms with Crippen LogP contribution < -0.4 is 11.1 Å². The van der Waals surface area contributed by atoms with Crippen molar-refractivity contribution in [2.75, 3.05) is 6.54 Å². The molecule has 0 unspecified atom stereocenters. The summed E-state index contributed by atoms with van der Waals surface area (Å²) >= 11 is 0. The Morgan fingerprint density at radius 2 is 2.00 bits per heavy atom. The molecule has 0 fully saturated rings. The van der Waals surface area contributed by atoms with Gasteiger partial charge in [-0.3, -0.25) is 9.78 Å². The number of hydrogen-bond donors (Lipinski definition) is 2. The summed E-state index contributed by atoms with van der Waals surface area (Å²) in [5.74, 6) is -1.07. The Kier molecular flexibility index (Phi) is 9.74. The van der Waals surface area contributed by atoms with Crippen molar-refractivity contribution in [3.05, 3.63) is 29.8 Å². The van der Waals surface area contributed by atoms with Gasteiger partial charge < -0.3 is 11.1 Å². The van der Waals surface area contributed by atoms with Crippen LogP contribution in [0.3, 0.4) is 0 Å². The molecule has 110 valence electrons. The molecular weight excluding hydrogens is 292 g/mol. The normalized spacial score (nSPS) is 10.1. The quantitative estimate of drug-likeness (QED) is 0.877. The zero-order valence-electron chi connectivity index (χ0n) is 11.0. The van der Waals surface area contributed by atoms with Crippen LogP contribution in [-0.4, -0.2) is 23.0 Å². The Balaban J connectivity index is 0. The number of halogens is 3. The number of pyridine rings is 1. The van der Waals surface area contributed by atoms with E-state index in [1.165, 1.54) is 12.3 Å². The van der Waals surface area contributed by atoms with Gasteiger partial charge in [-0.1, -0.05) is 13.8 Å². The fourth-order valence-corrected chi connectivity index (χ4v) is 1.63. The van der Waals surface area contributed by atoms with E-state index in [2.05, 4.69) is 10.3 Å². The summed E-state index contributed by atoms with van der Waals surface area (Å²) in [6.45, 7) is 4.22. The maximum absolute atomic E-state index is 13.4. The third kappa shape index (κ3) is 4.93. The average molecular weight is 312 g/mol. The third-order valence-corrected chi connectivity index (χ3v) is 3.14. The maximum Gasteiger partial charge on any atom is 0.254 e. The molecule has 1 aromatic heterocycles. The highest BCUT2D eigenvalue weighted by Gasteiger charge is 2.27. The van der Waals surface area contributed by atoms with Crippen LogP contribution in [0, 0.1) is 5.82 Å². The molecule has 0 bridgehead atoms. The molecule has 0 saturated heterocycles. The van der Waals surface area contributed by atoms with Crippen molar-refractivity contribution in [3.8, 4) is 0 Å². The summed E-state index contributed by atoms with van der Waals surface area (Å²) in [5, 5.41) is 2.80. The molecule has 1 amide bonds. The van der Waals surface area contributed by atoms with E-state index < -0.39 is 17.3 Å². The third-order valence-electron chi connectivity index (χ3n) is 3.14. The van der Waals surface area contributed by atoms with E-state index >= 15 is 0 Å². The van der Waals surface area contributed by atoms with Gasteiger partial charge >= 0.3 is 0 Å². The van der Waals surface area contributed by atoms with E-state index in [9.17, 15) is 9.18 Å². The highest BCUT2D eigenvalue weighted by atomic mass is 35.5. The topological polar surface area (TPSA) is 68.0 Å². The second kappa shape index (κ2) is 9.07. The minimum absolute atomic E-state index is 0. The van der Waals surface area contributed by atoms with Crippen molar-refractivity contribution in [3.63, 3.8) is 0 Å². The van der Waals surface area contributed by atoms with Crippen LogP contribution in [0.2, 0.25) is 0 Å². The van der Waals surface area contributed by atoms with E-state index in [4.69, 9.17) is 5.73 Å². The maximum atomic E-state index is 13.4. The van der Waals surface area contributed by atoms with Gasteiger partial charge in [-0.15, -0.1) is 24.8 Å². The Bertz CT molecular complexity index is 392. The molecule has 19 heavy (non-hydrogen) atoms. The lowest BCUT2D eigenvalue weighted by Gasteiger charge is -2.31. The monoisotopic (exact) mass is 311 g/mol. The van der Waals surface area contributed by atoms with Crippen LogP contribution in [0.15, 0.2) is 18.5 Å². The minimum Gasteiger partial charge on any atom is -0.345 e. The molecular formula is C12H20Cl2FN3O. The number of hydrogen-bond acceptors (Lipinski definition) is 3. The summed E-state index contributed by atoms with van der Waals surface area (Å²) in [6, 6.07) is 1.36. The van der Waals surface area contributed by atoms with Crippen molar-refractivity contribution in [1.29, 1.82) is 0 Å². The van der Waals surface area contributed by atoms with Crippen molar-refractivity contribution in [1.82, 2.24) is 10.3 Å².